The van der Waals surface area contributed by atoms with Gasteiger partial charge in [0.25, 0.3) is 0 Å². The van der Waals surface area contributed by atoms with E-state index in [0.29, 0.717) is 12.5 Å². The Balaban J connectivity index is 1.62. The highest BCUT2D eigenvalue weighted by Crippen LogP contribution is 2.35. The number of aliphatic hydroxyl groups is 1. The molecule has 0 saturated carbocycles. The maximum atomic E-state index is 8.77. The van der Waals surface area contributed by atoms with Crippen LogP contribution in [-0.4, -0.2) is 57.0 Å². The summed E-state index contributed by atoms with van der Waals surface area (Å²) in [5, 5.41) is 12.1. The molecule has 1 aliphatic heterocycles. The van der Waals surface area contributed by atoms with Crippen LogP contribution < -0.4 is 14.8 Å². The molecule has 0 amide bonds. The molecule has 1 aliphatic rings. The predicted octanol–water partition coefficient (Wildman–Crippen LogP) is 3.01. The Morgan fingerprint density at radius 3 is 2.57 bits per heavy atom. The lowest BCUT2D eigenvalue weighted by Crippen LogP contribution is -2.31. The van der Waals surface area contributed by atoms with Crippen molar-refractivity contribution < 1.29 is 14.6 Å². The highest BCUT2D eigenvalue weighted by atomic mass is 16.5. The molecule has 0 bridgehead atoms. The number of ether oxygens (including phenoxy) is 2. The summed E-state index contributed by atoms with van der Waals surface area (Å²) in [6.45, 7) is 4.66. The van der Waals surface area contributed by atoms with Crippen LogP contribution in [-0.2, 0) is 6.54 Å². The second-order valence-corrected chi connectivity index (χ2v) is 7.41. The van der Waals surface area contributed by atoms with Crippen LogP contribution in [0.1, 0.15) is 35.4 Å². The lowest BCUT2D eigenvalue weighted by atomic mass is 9.84. The minimum Gasteiger partial charge on any atom is -0.497 e. The van der Waals surface area contributed by atoms with Gasteiger partial charge in [-0.3, -0.25) is 0 Å². The summed E-state index contributed by atoms with van der Waals surface area (Å²) in [4.78, 5) is 2.37. The number of rotatable bonds is 10. The zero-order chi connectivity index (χ0) is 19.8. The van der Waals surface area contributed by atoms with Crippen LogP contribution in [0.2, 0.25) is 0 Å². The summed E-state index contributed by atoms with van der Waals surface area (Å²) in [7, 11) is 3.87. The van der Waals surface area contributed by atoms with Crippen LogP contribution in [0, 0.1) is 0 Å². The molecule has 28 heavy (non-hydrogen) atoms. The summed E-state index contributed by atoms with van der Waals surface area (Å²) in [5.74, 6) is 2.20. The van der Waals surface area contributed by atoms with Gasteiger partial charge in [0.05, 0.1) is 13.7 Å². The normalized spacial score (nSPS) is 16.6. The van der Waals surface area contributed by atoms with Crippen LogP contribution in [0.25, 0.3) is 0 Å². The van der Waals surface area contributed by atoms with Gasteiger partial charge in [-0.1, -0.05) is 18.2 Å². The van der Waals surface area contributed by atoms with Gasteiger partial charge in [0.2, 0.25) is 0 Å². The van der Waals surface area contributed by atoms with E-state index >= 15 is 0 Å². The molecule has 0 fully saturated rings. The van der Waals surface area contributed by atoms with Gasteiger partial charge in [-0.2, -0.15) is 0 Å². The fraction of sp³-hybridized carbons (Fsp3) is 0.478. The number of likely N-dealkylation sites (N-methyl/N-ethyl adjacent to an activating group) is 1. The van der Waals surface area contributed by atoms with Crippen molar-refractivity contribution in [3.05, 3.63) is 59.2 Å². The van der Waals surface area contributed by atoms with Gasteiger partial charge >= 0.3 is 0 Å². The van der Waals surface area contributed by atoms with E-state index in [9.17, 15) is 0 Å². The van der Waals surface area contributed by atoms with Crippen molar-refractivity contribution in [3.63, 3.8) is 0 Å². The Morgan fingerprint density at radius 1 is 1.07 bits per heavy atom. The topological polar surface area (TPSA) is 54.0 Å². The van der Waals surface area contributed by atoms with Crippen LogP contribution in [0.4, 0.5) is 0 Å². The number of methoxy groups -OCH3 is 1. The fourth-order valence-corrected chi connectivity index (χ4v) is 3.75. The number of nitrogens with zero attached hydrogens (tertiary/aromatic N) is 1. The van der Waals surface area contributed by atoms with Gasteiger partial charge in [0, 0.05) is 25.6 Å². The van der Waals surface area contributed by atoms with E-state index in [1.54, 1.807) is 7.11 Å². The first-order valence-corrected chi connectivity index (χ1v) is 10.1. The molecule has 0 aliphatic carbocycles. The number of nitrogens with one attached hydrogen (secondary N) is 1. The molecule has 2 aromatic rings. The van der Waals surface area contributed by atoms with Gasteiger partial charge in [-0.25, -0.2) is 0 Å². The third-order valence-corrected chi connectivity index (χ3v) is 5.22. The first-order valence-electron chi connectivity index (χ1n) is 10.1. The first-order chi connectivity index (χ1) is 13.7. The second kappa shape index (κ2) is 10.5. The molecule has 5 nitrogen and oxygen atoms in total. The zero-order valence-electron chi connectivity index (χ0n) is 17.0. The number of hydrogen-bond acceptors (Lipinski definition) is 5. The van der Waals surface area contributed by atoms with E-state index in [4.69, 9.17) is 14.6 Å². The Hall–Kier alpha value is -2.08. The van der Waals surface area contributed by atoms with Crippen molar-refractivity contribution in [1.29, 1.82) is 0 Å². The molecule has 0 aromatic heterocycles. The first kappa shape index (κ1) is 20.6. The lowest BCUT2D eigenvalue weighted by molar-refractivity contribution is 0.281. The van der Waals surface area contributed by atoms with Gasteiger partial charge in [-0.05, 0) is 73.9 Å². The number of fused-ring (bicyclic) bond motifs is 1. The van der Waals surface area contributed by atoms with E-state index < -0.39 is 0 Å². The zero-order valence-corrected chi connectivity index (χ0v) is 17.0. The molecule has 1 unspecified atom stereocenters. The van der Waals surface area contributed by atoms with Gasteiger partial charge in [-0.15, -0.1) is 0 Å². The van der Waals surface area contributed by atoms with E-state index in [0.717, 1.165) is 50.5 Å². The van der Waals surface area contributed by atoms with Crippen molar-refractivity contribution in [2.75, 3.05) is 47.0 Å². The molecular weight excluding hydrogens is 352 g/mol. The van der Waals surface area contributed by atoms with Crippen molar-refractivity contribution in [3.8, 4) is 11.5 Å². The number of benzene rings is 2. The summed E-state index contributed by atoms with van der Waals surface area (Å²) < 4.78 is 11.3. The molecule has 152 valence electrons. The summed E-state index contributed by atoms with van der Waals surface area (Å²) in [6.07, 6.45) is 1.76. The maximum Gasteiger partial charge on any atom is 0.119 e. The Bertz CT molecular complexity index is 733. The van der Waals surface area contributed by atoms with Gasteiger partial charge < -0.3 is 24.8 Å². The Labute approximate surface area is 168 Å². The fourth-order valence-electron chi connectivity index (χ4n) is 3.75. The largest absolute Gasteiger partial charge is 0.497 e. The van der Waals surface area contributed by atoms with Crippen molar-refractivity contribution in [2.45, 2.75) is 25.3 Å². The van der Waals surface area contributed by atoms with Crippen molar-refractivity contribution in [2.24, 2.45) is 0 Å². The minimum absolute atomic E-state index is 0.241. The SMILES string of the molecule is COc1ccc(C2CN(C)Cc3cc(OCCCNCCCO)ccc32)cc1. The molecule has 2 aromatic carbocycles. The minimum atomic E-state index is 0.241. The quantitative estimate of drug-likeness (QED) is 0.617. The van der Waals surface area contributed by atoms with Gasteiger partial charge in [0.15, 0.2) is 0 Å². The molecule has 1 heterocycles. The third kappa shape index (κ3) is 5.47. The second-order valence-electron chi connectivity index (χ2n) is 7.41. The summed E-state index contributed by atoms with van der Waals surface area (Å²) >= 11 is 0. The van der Waals surface area contributed by atoms with Gasteiger partial charge in [0.1, 0.15) is 11.5 Å². The molecule has 3 rings (SSSR count). The van der Waals surface area contributed by atoms with E-state index in [1.165, 1.54) is 16.7 Å². The summed E-state index contributed by atoms with van der Waals surface area (Å²) in [6, 6.07) is 14.9. The van der Waals surface area contributed by atoms with E-state index in [-0.39, 0.29) is 6.61 Å². The summed E-state index contributed by atoms with van der Waals surface area (Å²) in [5.41, 5.74) is 4.05. The number of aliphatic hydroxyl groups excluding tert-OH is 1. The van der Waals surface area contributed by atoms with Crippen molar-refractivity contribution in [1.82, 2.24) is 10.2 Å². The maximum absolute atomic E-state index is 8.77. The Morgan fingerprint density at radius 2 is 1.82 bits per heavy atom. The monoisotopic (exact) mass is 384 g/mol. The standard InChI is InChI=1S/C23H32N2O3/c1-25-16-19-15-21(28-14-4-12-24-11-3-13-26)9-10-22(19)23(17-25)18-5-7-20(27-2)8-6-18/h5-10,15,23-24,26H,3-4,11-14,16-17H2,1-2H3. The third-order valence-electron chi connectivity index (χ3n) is 5.22. The molecule has 0 saturated heterocycles. The van der Waals surface area contributed by atoms with Crippen molar-refractivity contribution >= 4 is 0 Å². The average molecular weight is 385 g/mol. The Kier molecular flexibility index (Phi) is 7.71. The molecule has 1 atom stereocenters. The highest BCUT2D eigenvalue weighted by molar-refractivity contribution is 5.45. The van der Waals surface area contributed by atoms with Crippen LogP contribution in [0.5, 0.6) is 11.5 Å². The lowest BCUT2D eigenvalue weighted by Gasteiger charge is -2.33. The smallest absolute Gasteiger partial charge is 0.119 e. The molecule has 0 spiro atoms. The molecule has 5 heteroatoms. The van der Waals surface area contributed by atoms with E-state index in [1.807, 2.05) is 12.1 Å². The molecule has 0 radical (unpaired) electrons. The number of hydrogen-bond donors (Lipinski definition) is 2. The average Bonchev–Trinajstić information content (AvgIpc) is 2.72. The van der Waals surface area contributed by atoms with Crippen LogP contribution in [0.15, 0.2) is 42.5 Å². The molecular formula is C23H32N2O3. The van der Waals surface area contributed by atoms with E-state index in [2.05, 4.69) is 47.6 Å². The predicted molar refractivity (Wildman–Crippen MR) is 112 cm³/mol. The van der Waals surface area contributed by atoms with Crippen LogP contribution >= 0.6 is 0 Å². The molecule has 2 N–H and O–H groups in total. The highest BCUT2D eigenvalue weighted by Gasteiger charge is 2.25. The van der Waals surface area contributed by atoms with Crippen LogP contribution in [0.3, 0.4) is 0 Å².